The summed E-state index contributed by atoms with van der Waals surface area (Å²) < 4.78 is 0. The van der Waals surface area contributed by atoms with Gasteiger partial charge in [-0.1, -0.05) is 18.2 Å². The van der Waals surface area contributed by atoms with Crippen LogP contribution in [0.3, 0.4) is 0 Å². The highest BCUT2D eigenvalue weighted by Gasteiger charge is 2.14. The highest BCUT2D eigenvalue weighted by atomic mass is 16.2. The molecule has 0 heterocycles. The van der Waals surface area contributed by atoms with Gasteiger partial charge >= 0.3 is 0 Å². The van der Waals surface area contributed by atoms with Gasteiger partial charge in [-0.2, -0.15) is 0 Å². The first-order chi connectivity index (χ1) is 8.70. The predicted molar refractivity (Wildman–Crippen MR) is 75.0 cm³/mol. The van der Waals surface area contributed by atoms with E-state index in [9.17, 15) is 4.79 Å². The summed E-state index contributed by atoms with van der Waals surface area (Å²) in [6.07, 6.45) is 0.873. The lowest BCUT2D eigenvalue weighted by Gasteiger charge is -2.18. The molecule has 1 aromatic rings. The van der Waals surface area contributed by atoms with Crippen molar-refractivity contribution in [1.29, 1.82) is 0 Å². The number of nitrogens with zero attached hydrogens (tertiary/aromatic N) is 1. The van der Waals surface area contributed by atoms with Gasteiger partial charge in [0.15, 0.2) is 0 Å². The molecule has 0 spiro atoms. The third-order valence-electron chi connectivity index (χ3n) is 2.94. The number of benzene rings is 1. The standard InChI is InChI=1S/C14H23N3O/c1-15-9-8-12-6-4-5-7-13(12)14(18)17(3)11-10-16-2/h4-7,15-16H,8-11H2,1-3H3. The van der Waals surface area contributed by atoms with Crippen LogP contribution in [0.15, 0.2) is 24.3 Å². The van der Waals surface area contributed by atoms with E-state index in [2.05, 4.69) is 10.6 Å². The highest BCUT2D eigenvalue weighted by Crippen LogP contribution is 2.11. The first-order valence-corrected chi connectivity index (χ1v) is 6.33. The minimum Gasteiger partial charge on any atom is -0.340 e. The molecule has 0 aromatic heterocycles. The van der Waals surface area contributed by atoms with Crippen LogP contribution in [0.25, 0.3) is 0 Å². The number of hydrogen-bond acceptors (Lipinski definition) is 3. The number of amides is 1. The topological polar surface area (TPSA) is 44.4 Å². The van der Waals surface area contributed by atoms with Crippen molar-refractivity contribution in [2.24, 2.45) is 0 Å². The van der Waals surface area contributed by atoms with Crippen LogP contribution in [0.2, 0.25) is 0 Å². The van der Waals surface area contributed by atoms with E-state index in [4.69, 9.17) is 0 Å². The Morgan fingerprint density at radius 3 is 2.50 bits per heavy atom. The van der Waals surface area contributed by atoms with E-state index in [0.29, 0.717) is 0 Å². The van der Waals surface area contributed by atoms with Crippen molar-refractivity contribution in [3.63, 3.8) is 0 Å². The Balaban J connectivity index is 2.77. The Morgan fingerprint density at radius 1 is 1.17 bits per heavy atom. The maximum absolute atomic E-state index is 12.3. The summed E-state index contributed by atoms with van der Waals surface area (Å²) in [6, 6.07) is 7.83. The van der Waals surface area contributed by atoms with Gasteiger partial charge in [0.2, 0.25) is 0 Å². The maximum atomic E-state index is 12.3. The molecule has 0 unspecified atom stereocenters. The first kappa shape index (κ1) is 14.7. The fourth-order valence-electron chi connectivity index (χ4n) is 1.79. The lowest BCUT2D eigenvalue weighted by Crippen LogP contribution is -2.33. The van der Waals surface area contributed by atoms with Crippen molar-refractivity contribution in [2.75, 3.05) is 40.8 Å². The first-order valence-electron chi connectivity index (χ1n) is 6.33. The maximum Gasteiger partial charge on any atom is 0.253 e. The molecule has 18 heavy (non-hydrogen) atoms. The number of hydrogen-bond donors (Lipinski definition) is 2. The van der Waals surface area contributed by atoms with Gasteiger partial charge in [0, 0.05) is 25.7 Å². The lowest BCUT2D eigenvalue weighted by atomic mass is 10.0. The highest BCUT2D eigenvalue weighted by molar-refractivity contribution is 5.95. The molecule has 0 aliphatic carbocycles. The molecule has 0 atom stereocenters. The van der Waals surface area contributed by atoms with Crippen molar-refractivity contribution < 1.29 is 4.79 Å². The summed E-state index contributed by atoms with van der Waals surface area (Å²) in [4.78, 5) is 14.1. The quantitative estimate of drug-likeness (QED) is 0.749. The number of likely N-dealkylation sites (N-methyl/N-ethyl adjacent to an activating group) is 3. The molecule has 0 aliphatic rings. The molecule has 0 bridgehead atoms. The van der Waals surface area contributed by atoms with E-state index in [1.165, 1.54) is 0 Å². The van der Waals surface area contributed by atoms with E-state index >= 15 is 0 Å². The molecule has 0 radical (unpaired) electrons. The third kappa shape index (κ3) is 4.13. The average Bonchev–Trinajstić information content (AvgIpc) is 2.42. The molecule has 2 N–H and O–H groups in total. The molecule has 0 saturated carbocycles. The number of nitrogens with one attached hydrogen (secondary N) is 2. The van der Waals surface area contributed by atoms with Crippen LogP contribution < -0.4 is 10.6 Å². The Labute approximate surface area is 109 Å². The van der Waals surface area contributed by atoms with Crippen LogP contribution in [0.5, 0.6) is 0 Å². The third-order valence-corrected chi connectivity index (χ3v) is 2.94. The Kier molecular flexibility index (Phi) is 6.39. The van der Waals surface area contributed by atoms with E-state index in [1.54, 1.807) is 4.90 Å². The molecule has 100 valence electrons. The van der Waals surface area contributed by atoms with Crippen molar-refractivity contribution in [3.05, 3.63) is 35.4 Å². The molecular formula is C14H23N3O. The fraction of sp³-hybridized carbons (Fsp3) is 0.500. The predicted octanol–water partition coefficient (Wildman–Crippen LogP) is 0.740. The normalized spacial score (nSPS) is 10.4. The van der Waals surface area contributed by atoms with Gasteiger partial charge < -0.3 is 15.5 Å². The summed E-state index contributed by atoms with van der Waals surface area (Å²) in [6.45, 7) is 2.40. The van der Waals surface area contributed by atoms with Crippen molar-refractivity contribution >= 4 is 5.91 Å². The van der Waals surface area contributed by atoms with Crippen LogP contribution in [-0.2, 0) is 6.42 Å². The second kappa shape index (κ2) is 7.84. The summed E-state index contributed by atoms with van der Waals surface area (Å²) in [5.74, 6) is 0.0944. The monoisotopic (exact) mass is 249 g/mol. The van der Waals surface area contributed by atoms with Crippen LogP contribution >= 0.6 is 0 Å². The molecule has 0 saturated heterocycles. The minimum absolute atomic E-state index is 0.0944. The zero-order valence-electron chi connectivity index (χ0n) is 11.5. The molecule has 1 aromatic carbocycles. The summed E-state index contributed by atoms with van der Waals surface area (Å²) in [7, 11) is 5.65. The number of carbonyl (C=O) groups excluding carboxylic acids is 1. The van der Waals surface area contributed by atoms with Crippen LogP contribution in [-0.4, -0.2) is 51.6 Å². The average molecular weight is 249 g/mol. The Bertz CT molecular complexity index is 379. The van der Waals surface area contributed by atoms with Gasteiger partial charge in [0.1, 0.15) is 0 Å². The number of carbonyl (C=O) groups is 1. The largest absolute Gasteiger partial charge is 0.340 e. The van der Waals surface area contributed by atoms with Crippen molar-refractivity contribution in [3.8, 4) is 0 Å². The molecule has 1 amide bonds. The van der Waals surface area contributed by atoms with Gasteiger partial charge in [-0.05, 0) is 38.7 Å². The zero-order chi connectivity index (χ0) is 13.4. The SMILES string of the molecule is CNCCc1ccccc1C(=O)N(C)CCNC. The van der Waals surface area contributed by atoms with E-state index < -0.39 is 0 Å². The second-order valence-electron chi connectivity index (χ2n) is 4.34. The van der Waals surface area contributed by atoms with Crippen molar-refractivity contribution in [1.82, 2.24) is 15.5 Å². The summed E-state index contributed by atoms with van der Waals surface area (Å²) in [5.41, 5.74) is 1.92. The Morgan fingerprint density at radius 2 is 1.83 bits per heavy atom. The van der Waals surface area contributed by atoms with Gasteiger partial charge in [-0.15, -0.1) is 0 Å². The molecule has 0 fully saturated rings. The van der Waals surface area contributed by atoms with Crippen molar-refractivity contribution in [2.45, 2.75) is 6.42 Å². The Hall–Kier alpha value is -1.39. The van der Waals surface area contributed by atoms with Crippen LogP contribution in [0.4, 0.5) is 0 Å². The lowest BCUT2D eigenvalue weighted by molar-refractivity contribution is 0.0796. The van der Waals surface area contributed by atoms with E-state index in [1.807, 2.05) is 45.4 Å². The van der Waals surface area contributed by atoms with E-state index in [0.717, 1.165) is 37.2 Å². The molecule has 4 heteroatoms. The van der Waals surface area contributed by atoms with Gasteiger partial charge in [-0.25, -0.2) is 0 Å². The van der Waals surface area contributed by atoms with Gasteiger partial charge in [-0.3, -0.25) is 4.79 Å². The summed E-state index contributed by atoms with van der Waals surface area (Å²) >= 11 is 0. The minimum atomic E-state index is 0.0944. The second-order valence-corrected chi connectivity index (χ2v) is 4.34. The molecule has 4 nitrogen and oxygen atoms in total. The van der Waals surface area contributed by atoms with E-state index in [-0.39, 0.29) is 5.91 Å². The van der Waals surface area contributed by atoms with Crippen LogP contribution in [0, 0.1) is 0 Å². The van der Waals surface area contributed by atoms with Gasteiger partial charge in [0.05, 0.1) is 0 Å². The smallest absolute Gasteiger partial charge is 0.253 e. The number of rotatable bonds is 7. The van der Waals surface area contributed by atoms with Gasteiger partial charge in [0.25, 0.3) is 5.91 Å². The molecular weight excluding hydrogens is 226 g/mol. The van der Waals surface area contributed by atoms with Crippen LogP contribution in [0.1, 0.15) is 15.9 Å². The summed E-state index contributed by atoms with van der Waals surface area (Å²) in [5, 5.41) is 6.16. The molecule has 0 aliphatic heterocycles. The fourth-order valence-corrected chi connectivity index (χ4v) is 1.79. The molecule has 1 rings (SSSR count). The zero-order valence-corrected chi connectivity index (χ0v) is 11.5.